The molecule has 0 saturated carbocycles. The molecule has 2 unspecified atom stereocenters. The Kier molecular flexibility index (Phi) is 3.73. The molecule has 1 heterocycles. The van der Waals surface area contributed by atoms with Crippen molar-refractivity contribution >= 4 is 11.7 Å². The predicted molar refractivity (Wildman–Crippen MR) is 68.5 cm³/mol. The monoisotopic (exact) mass is 269 g/mol. The molecule has 0 spiro atoms. The number of hydrogen-bond acceptors (Lipinski definition) is 2. The first-order valence-corrected chi connectivity index (χ1v) is 6.40. The number of carbonyl (C=O) groups is 1. The van der Waals surface area contributed by atoms with E-state index < -0.39 is 17.6 Å². The summed E-state index contributed by atoms with van der Waals surface area (Å²) in [7, 11) is 0. The Balaban J connectivity index is 2.42. The van der Waals surface area contributed by atoms with Crippen LogP contribution in [0.2, 0.25) is 0 Å². The van der Waals surface area contributed by atoms with Gasteiger partial charge in [0.05, 0.1) is 5.56 Å². The molecule has 2 atom stereocenters. The largest absolute Gasteiger partial charge is 0.478 e. The summed E-state index contributed by atoms with van der Waals surface area (Å²) < 4.78 is 28.0. The molecule has 104 valence electrons. The molecule has 1 aromatic carbocycles. The highest BCUT2D eigenvalue weighted by molar-refractivity contribution is 5.88. The zero-order valence-electron chi connectivity index (χ0n) is 11.0. The van der Waals surface area contributed by atoms with Crippen LogP contribution in [0.5, 0.6) is 0 Å². The Morgan fingerprint density at radius 1 is 1.32 bits per heavy atom. The van der Waals surface area contributed by atoms with Gasteiger partial charge in [-0.15, -0.1) is 0 Å². The van der Waals surface area contributed by atoms with Crippen molar-refractivity contribution in [2.45, 2.75) is 32.7 Å². The Morgan fingerprint density at radius 2 is 1.89 bits per heavy atom. The van der Waals surface area contributed by atoms with Crippen LogP contribution in [-0.4, -0.2) is 23.7 Å². The van der Waals surface area contributed by atoms with Crippen LogP contribution in [0.15, 0.2) is 12.1 Å². The summed E-state index contributed by atoms with van der Waals surface area (Å²) in [5.41, 5.74) is -0.472. The maximum absolute atomic E-state index is 14.0. The van der Waals surface area contributed by atoms with Crippen LogP contribution in [0.25, 0.3) is 0 Å². The SMILES string of the molecule is CC1CCCN(c2c(F)cc(C(=O)O)cc2F)C1C. The van der Waals surface area contributed by atoms with Crippen LogP contribution in [0, 0.1) is 17.6 Å². The maximum atomic E-state index is 14.0. The van der Waals surface area contributed by atoms with E-state index in [-0.39, 0.29) is 17.3 Å². The lowest BCUT2D eigenvalue weighted by molar-refractivity contribution is 0.0695. The van der Waals surface area contributed by atoms with Gasteiger partial charge in [0.1, 0.15) is 17.3 Å². The molecule has 3 nitrogen and oxygen atoms in total. The average molecular weight is 269 g/mol. The molecule has 0 aromatic heterocycles. The topological polar surface area (TPSA) is 40.5 Å². The molecule has 1 aromatic rings. The minimum atomic E-state index is -1.33. The van der Waals surface area contributed by atoms with Crippen LogP contribution in [0.3, 0.4) is 0 Å². The van der Waals surface area contributed by atoms with Gasteiger partial charge in [-0.05, 0) is 37.8 Å². The van der Waals surface area contributed by atoms with Gasteiger partial charge in [-0.1, -0.05) is 6.92 Å². The van der Waals surface area contributed by atoms with Gasteiger partial charge in [0.25, 0.3) is 0 Å². The summed E-state index contributed by atoms with van der Waals surface area (Å²) in [6, 6.07) is 1.80. The Hall–Kier alpha value is -1.65. The first-order valence-electron chi connectivity index (χ1n) is 6.40. The van der Waals surface area contributed by atoms with Crippen molar-refractivity contribution in [3.63, 3.8) is 0 Å². The number of anilines is 1. The third kappa shape index (κ3) is 2.55. The minimum Gasteiger partial charge on any atom is -0.478 e. The molecule has 0 amide bonds. The van der Waals surface area contributed by atoms with Crippen LogP contribution in [0.4, 0.5) is 14.5 Å². The van der Waals surface area contributed by atoms with Gasteiger partial charge in [-0.3, -0.25) is 0 Å². The van der Waals surface area contributed by atoms with Crippen molar-refractivity contribution in [1.82, 2.24) is 0 Å². The number of halogens is 2. The van der Waals surface area contributed by atoms with Crippen molar-refractivity contribution in [3.05, 3.63) is 29.3 Å². The van der Waals surface area contributed by atoms with E-state index in [1.807, 2.05) is 6.92 Å². The predicted octanol–water partition coefficient (Wildman–Crippen LogP) is 3.29. The summed E-state index contributed by atoms with van der Waals surface area (Å²) in [6.45, 7) is 4.58. The highest BCUT2D eigenvalue weighted by Crippen LogP contribution is 2.32. The molecule has 5 heteroatoms. The van der Waals surface area contributed by atoms with E-state index in [2.05, 4.69) is 6.92 Å². The third-order valence-electron chi connectivity index (χ3n) is 3.92. The number of aromatic carboxylic acids is 1. The van der Waals surface area contributed by atoms with E-state index in [0.29, 0.717) is 12.5 Å². The van der Waals surface area contributed by atoms with Crippen molar-refractivity contribution in [3.8, 4) is 0 Å². The molecular formula is C14H17F2NO2. The lowest BCUT2D eigenvalue weighted by atomic mass is 9.91. The number of carboxylic acids is 1. The second-order valence-corrected chi connectivity index (χ2v) is 5.15. The van der Waals surface area contributed by atoms with Crippen LogP contribution in [0.1, 0.15) is 37.0 Å². The highest BCUT2D eigenvalue weighted by atomic mass is 19.1. The van der Waals surface area contributed by atoms with Crippen molar-refractivity contribution in [2.24, 2.45) is 5.92 Å². The normalized spacial score (nSPS) is 23.5. The molecule has 19 heavy (non-hydrogen) atoms. The van der Waals surface area contributed by atoms with Gasteiger partial charge in [-0.25, -0.2) is 13.6 Å². The van der Waals surface area contributed by atoms with Crippen LogP contribution < -0.4 is 4.90 Å². The second-order valence-electron chi connectivity index (χ2n) is 5.15. The first-order chi connectivity index (χ1) is 8.91. The molecule has 0 aliphatic carbocycles. The average Bonchev–Trinajstić information content (AvgIpc) is 2.33. The fraction of sp³-hybridized carbons (Fsp3) is 0.500. The standard InChI is InChI=1S/C14H17F2NO2/c1-8-4-3-5-17(9(8)2)13-11(15)6-10(14(18)19)7-12(13)16/h6-9H,3-5H2,1-2H3,(H,18,19). The van der Waals surface area contributed by atoms with Gasteiger partial charge >= 0.3 is 5.97 Å². The molecule has 1 aliphatic heterocycles. The smallest absolute Gasteiger partial charge is 0.335 e. The van der Waals surface area contributed by atoms with E-state index in [4.69, 9.17) is 5.11 Å². The van der Waals surface area contributed by atoms with E-state index in [1.54, 1.807) is 4.90 Å². The number of rotatable bonds is 2. The van der Waals surface area contributed by atoms with E-state index in [0.717, 1.165) is 25.0 Å². The number of benzene rings is 1. The Labute approximate surface area is 110 Å². The molecule has 1 fully saturated rings. The van der Waals surface area contributed by atoms with E-state index >= 15 is 0 Å². The number of hydrogen-bond donors (Lipinski definition) is 1. The fourth-order valence-electron chi connectivity index (χ4n) is 2.61. The van der Waals surface area contributed by atoms with E-state index in [9.17, 15) is 13.6 Å². The summed E-state index contributed by atoms with van der Waals surface area (Å²) in [5, 5.41) is 8.78. The van der Waals surface area contributed by atoms with Crippen LogP contribution >= 0.6 is 0 Å². The molecule has 2 rings (SSSR count). The lowest BCUT2D eigenvalue weighted by Gasteiger charge is -2.39. The van der Waals surface area contributed by atoms with Gasteiger partial charge in [0.15, 0.2) is 0 Å². The summed E-state index contributed by atoms with van der Waals surface area (Å²) in [4.78, 5) is 12.5. The lowest BCUT2D eigenvalue weighted by Crippen LogP contribution is -2.43. The van der Waals surface area contributed by atoms with Crippen molar-refractivity contribution in [1.29, 1.82) is 0 Å². The highest BCUT2D eigenvalue weighted by Gasteiger charge is 2.29. The maximum Gasteiger partial charge on any atom is 0.335 e. The summed E-state index contributed by atoms with van der Waals surface area (Å²) >= 11 is 0. The Morgan fingerprint density at radius 3 is 2.42 bits per heavy atom. The number of nitrogens with zero attached hydrogens (tertiary/aromatic N) is 1. The first kappa shape index (κ1) is 13.8. The van der Waals surface area contributed by atoms with Gasteiger partial charge in [-0.2, -0.15) is 0 Å². The fourth-order valence-corrected chi connectivity index (χ4v) is 2.61. The molecule has 1 aliphatic rings. The zero-order valence-corrected chi connectivity index (χ0v) is 11.0. The molecular weight excluding hydrogens is 252 g/mol. The second kappa shape index (κ2) is 5.15. The van der Waals surface area contributed by atoms with Gasteiger partial charge in [0, 0.05) is 12.6 Å². The summed E-state index contributed by atoms with van der Waals surface area (Å²) in [5.74, 6) is -2.59. The molecule has 0 bridgehead atoms. The quantitative estimate of drug-likeness (QED) is 0.895. The zero-order chi connectivity index (χ0) is 14.2. The third-order valence-corrected chi connectivity index (χ3v) is 3.92. The Bertz CT molecular complexity index is 481. The van der Waals surface area contributed by atoms with Crippen molar-refractivity contribution < 1.29 is 18.7 Å². The summed E-state index contributed by atoms with van der Waals surface area (Å²) in [6.07, 6.45) is 1.92. The molecule has 0 radical (unpaired) electrons. The molecule has 1 N–H and O–H groups in total. The molecule has 1 saturated heterocycles. The van der Waals surface area contributed by atoms with Crippen LogP contribution in [-0.2, 0) is 0 Å². The van der Waals surface area contributed by atoms with Crippen molar-refractivity contribution in [2.75, 3.05) is 11.4 Å². The van der Waals surface area contributed by atoms with E-state index in [1.165, 1.54) is 0 Å². The number of carboxylic acid groups (broad SMARTS) is 1. The minimum absolute atomic E-state index is 0.0356. The van der Waals surface area contributed by atoms with Gasteiger partial charge < -0.3 is 10.0 Å². The number of piperidine rings is 1. The van der Waals surface area contributed by atoms with Gasteiger partial charge in [0.2, 0.25) is 0 Å².